The highest BCUT2D eigenvalue weighted by Crippen LogP contribution is 2.24. The number of hydrogen-bond donors (Lipinski definition) is 1. The molecule has 0 bridgehead atoms. The molecular formula is C18H23NO. The number of benzene rings is 2. The molecule has 0 heterocycles. The molecule has 0 amide bonds. The van der Waals surface area contributed by atoms with Crippen molar-refractivity contribution in [2.24, 2.45) is 5.73 Å². The molecule has 1 unspecified atom stereocenters. The van der Waals surface area contributed by atoms with Gasteiger partial charge in [-0.1, -0.05) is 30.3 Å². The van der Waals surface area contributed by atoms with Gasteiger partial charge in [-0.3, -0.25) is 0 Å². The first-order valence-electron chi connectivity index (χ1n) is 7.01. The van der Waals surface area contributed by atoms with E-state index in [4.69, 9.17) is 10.5 Å². The molecule has 20 heavy (non-hydrogen) atoms. The van der Waals surface area contributed by atoms with Gasteiger partial charge < -0.3 is 10.5 Å². The maximum atomic E-state index is 6.24. The quantitative estimate of drug-likeness (QED) is 0.910. The van der Waals surface area contributed by atoms with Crippen LogP contribution in [0.1, 0.15) is 33.9 Å². The lowest BCUT2D eigenvalue weighted by molar-refractivity contribution is 0.288. The number of rotatable bonds is 4. The van der Waals surface area contributed by atoms with Crippen LogP contribution in [0, 0.1) is 27.7 Å². The van der Waals surface area contributed by atoms with Crippen LogP contribution in [0.25, 0.3) is 0 Å². The van der Waals surface area contributed by atoms with Gasteiger partial charge >= 0.3 is 0 Å². The molecule has 0 saturated carbocycles. The topological polar surface area (TPSA) is 35.2 Å². The fourth-order valence-corrected chi connectivity index (χ4v) is 2.42. The lowest BCUT2D eigenvalue weighted by Crippen LogP contribution is -2.20. The van der Waals surface area contributed by atoms with E-state index < -0.39 is 0 Å². The molecule has 0 aliphatic heterocycles. The molecule has 0 radical (unpaired) electrons. The summed E-state index contributed by atoms with van der Waals surface area (Å²) < 4.78 is 5.94. The van der Waals surface area contributed by atoms with Gasteiger partial charge in [0.2, 0.25) is 0 Å². The van der Waals surface area contributed by atoms with Gasteiger partial charge in [-0.25, -0.2) is 0 Å². The van der Waals surface area contributed by atoms with Gasteiger partial charge in [0.25, 0.3) is 0 Å². The van der Waals surface area contributed by atoms with E-state index in [-0.39, 0.29) is 6.04 Å². The molecule has 2 N–H and O–H groups in total. The SMILES string of the molecule is Cc1cc(C)c(C)c(OCC(N)c2ccccc2C)c1. The highest BCUT2D eigenvalue weighted by Gasteiger charge is 2.11. The third-order valence-electron chi connectivity index (χ3n) is 3.77. The first kappa shape index (κ1) is 14.6. The van der Waals surface area contributed by atoms with Crippen molar-refractivity contribution < 1.29 is 4.74 Å². The highest BCUT2D eigenvalue weighted by atomic mass is 16.5. The van der Waals surface area contributed by atoms with Gasteiger partial charge in [-0.2, -0.15) is 0 Å². The normalized spacial score (nSPS) is 12.2. The summed E-state index contributed by atoms with van der Waals surface area (Å²) in [7, 11) is 0. The molecule has 0 fully saturated rings. The molecule has 0 aliphatic rings. The Morgan fingerprint density at radius 2 is 1.70 bits per heavy atom. The Balaban J connectivity index is 2.11. The Kier molecular flexibility index (Phi) is 4.46. The zero-order chi connectivity index (χ0) is 14.7. The Hall–Kier alpha value is -1.80. The fourth-order valence-electron chi connectivity index (χ4n) is 2.42. The van der Waals surface area contributed by atoms with Gasteiger partial charge in [0.1, 0.15) is 12.4 Å². The minimum Gasteiger partial charge on any atom is -0.491 e. The van der Waals surface area contributed by atoms with Crippen LogP contribution in [0.5, 0.6) is 5.75 Å². The molecule has 2 aromatic rings. The Morgan fingerprint density at radius 3 is 2.40 bits per heavy atom. The fraction of sp³-hybridized carbons (Fsp3) is 0.333. The largest absolute Gasteiger partial charge is 0.491 e. The smallest absolute Gasteiger partial charge is 0.122 e. The molecular weight excluding hydrogens is 246 g/mol. The van der Waals surface area contributed by atoms with Crippen molar-refractivity contribution in [2.45, 2.75) is 33.7 Å². The lowest BCUT2D eigenvalue weighted by Gasteiger charge is -2.18. The van der Waals surface area contributed by atoms with Crippen LogP contribution in [0.3, 0.4) is 0 Å². The highest BCUT2D eigenvalue weighted by molar-refractivity contribution is 5.42. The average Bonchev–Trinajstić information content (AvgIpc) is 2.41. The van der Waals surface area contributed by atoms with Crippen LogP contribution in [0.15, 0.2) is 36.4 Å². The third kappa shape index (κ3) is 3.20. The summed E-state index contributed by atoms with van der Waals surface area (Å²) in [5.74, 6) is 0.937. The van der Waals surface area contributed by atoms with Crippen molar-refractivity contribution in [3.05, 3.63) is 64.2 Å². The van der Waals surface area contributed by atoms with E-state index in [0.717, 1.165) is 11.3 Å². The van der Waals surface area contributed by atoms with Crippen molar-refractivity contribution >= 4 is 0 Å². The Bertz CT molecular complexity index is 604. The van der Waals surface area contributed by atoms with Crippen LogP contribution in [-0.4, -0.2) is 6.61 Å². The molecule has 2 rings (SSSR count). The van der Waals surface area contributed by atoms with E-state index in [1.807, 2.05) is 12.1 Å². The maximum absolute atomic E-state index is 6.24. The van der Waals surface area contributed by atoms with Crippen LogP contribution in [-0.2, 0) is 0 Å². The van der Waals surface area contributed by atoms with Crippen LogP contribution >= 0.6 is 0 Å². The number of hydrogen-bond acceptors (Lipinski definition) is 2. The van der Waals surface area contributed by atoms with E-state index in [1.165, 1.54) is 22.3 Å². The monoisotopic (exact) mass is 269 g/mol. The molecule has 0 aromatic heterocycles. The molecule has 1 atom stereocenters. The number of nitrogens with two attached hydrogens (primary N) is 1. The summed E-state index contributed by atoms with van der Waals surface area (Å²) in [6.45, 7) is 8.85. The molecule has 2 aromatic carbocycles. The summed E-state index contributed by atoms with van der Waals surface area (Å²) in [6, 6.07) is 12.3. The molecule has 2 heteroatoms. The van der Waals surface area contributed by atoms with Crippen molar-refractivity contribution in [3.63, 3.8) is 0 Å². The summed E-state index contributed by atoms with van der Waals surface area (Å²) in [6.07, 6.45) is 0. The summed E-state index contributed by atoms with van der Waals surface area (Å²) in [5, 5.41) is 0. The Labute approximate surface area is 121 Å². The molecule has 0 saturated heterocycles. The molecule has 0 spiro atoms. The zero-order valence-electron chi connectivity index (χ0n) is 12.7. The van der Waals surface area contributed by atoms with Gasteiger partial charge in [0.05, 0.1) is 6.04 Å². The zero-order valence-corrected chi connectivity index (χ0v) is 12.7. The van der Waals surface area contributed by atoms with Crippen molar-refractivity contribution in [1.82, 2.24) is 0 Å². The minimum atomic E-state index is -0.101. The van der Waals surface area contributed by atoms with Crippen LogP contribution in [0.2, 0.25) is 0 Å². The minimum absolute atomic E-state index is 0.101. The predicted molar refractivity (Wildman–Crippen MR) is 84.3 cm³/mol. The van der Waals surface area contributed by atoms with Crippen LogP contribution < -0.4 is 10.5 Å². The summed E-state index contributed by atoms with van der Waals surface area (Å²) in [4.78, 5) is 0. The van der Waals surface area contributed by atoms with E-state index in [1.54, 1.807) is 0 Å². The first-order chi connectivity index (χ1) is 9.49. The number of aryl methyl sites for hydroxylation is 3. The molecule has 0 aliphatic carbocycles. The second kappa shape index (κ2) is 6.10. The lowest BCUT2D eigenvalue weighted by atomic mass is 10.0. The van der Waals surface area contributed by atoms with Crippen molar-refractivity contribution in [1.29, 1.82) is 0 Å². The maximum Gasteiger partial charge on any atom is 0.122 e. The molecule has 106 valence electrons. The Morgan fingerprint density at radius 1 is 1.00 bits per heavy atom. The number of ether oxygens (including phenoxy) is 1. The van der Waals surface area contributed by atoms with Crippen LogP contribution in [0.4, 0.5) is 0 Å². The molecule has 2 nitrogen and oxygen atoms in total. The predicted octanol–water partition coefficient (Wildman–Crippen LogP) is 4.00. The van der Waals surface area contributed by atoms with Gasteiger partial charge in [0.15, 0.2) is 0 Å². The second-order valence-electron chi connectivity index (χ2n) is 5.48. The summed E-state index contributed by atoms with van der Waals surface area (Å²) in [5.41, 5.74) is 12.3. The van der Waals surface area contributed by atoms with Crippen molar-refractivity contribution in [3.8, 4) is 5.75 Å². The van der Waals surface area contributed by atoms with Gasteiger partial charge in [0, 0.05) is 0 Å². The van der Waals surface area contributed by atoms with Gasteiger partial charge in [-0.15, -0.1) is 0 Å². The van der Waals surface area contributed by atoms with E-state index in [0.29, 0.717) is 6.61 Å². The van der Waals surface area contributed by atoms with E-state index in [2.05, 4.69) is 52.0 Å². The van der Waals surface area contributed by atoms with Gasteiger partial charge in [-0.05, 0) is 61.6 Å². The van der Waals surface area contributed by atoms with Crippen molar-refractivity contribution in [2.75, 3.05) is 6.61 Å². The standard InChI is InChI=1S/C18H23NO/c1-12-9-14(3)15(4)18(10-12)20-11-17(19)16-8-6-5-7-13(16)2/h5-10,17H,11,19H2,1-4H3. The third-order valence-corrected chi connectivity index (χ3v) is 3.77. The second-order valence-corrected chi connectivity index (χ2v) is 5.48. The van der Waals surface area contributed by atoms with E-state index >= 15 is 0 Å². The average molecular weight is 269 g/mol. The first-order valence-corrected chi connectivity index (χ1v) is 7.01. The summed E-state index contributed by atoms with van der Waals surface area (Å²) >= 11 is 0. The van der Waals surface area contributed by atoms with E-state index in [9.17, 15) is 0 Å².